The van der Waals surface area contributed by atoms with Crippen LogP contribution in [0.1, 0.15) is 19.4 Å². The fraction of sp³-hybridized carbons (Fsp3) is 0.412. The van der Waals surface area contributed by atoms with Crippen LogP contribution in [-0.4, -0.2) is 40.9 Å². The van der Waals surface area contributed by atoms with Gasteiger partial charge >= 0.3 is 0 Å². The molecular formula is C17H21FN2O2S. The molecule has 0 aliphatic carbocycles. The fourth-order valence-corrected chi connectivity index (χ4v) is 3.34. The normalized spacial score (nSPS) is 17.9. The average Bonchev–Trinajstić information content (AvgIpc) is 3.00. The Balaban J connectivity index is 1.98. The Labute approximate surface area is 140 Å². The van der Waals surface area contributed by atoms with Crippen LogP contribution in [0.2, 0.25) is 0 Å². The van der Waals surface area contributed by atoms with E-state index in [9.17, 15) is 14.0 Å². The maximum atomic E-state index is 13.1. The molecule has 1 aliphatic rings. The van der Waals surface area contributed by atoms with Crippen molar-refractivity contribution in [1.82, 2.24) is 10.2 Å². The second kappa shape index (κ2) is 8.15. The molecule has 6 heteroatoms. The molecule has 1 atom stereocenters. The van der Waals surface area contributed by atoms with Gasteiger partial charge in [-0.05, 0) is 29.7 Å². The summed E-state index contributed by atoms with van der Waals surface area (Å²) in [5.41, 5.74) is 0.617. The lowest BCUT2D eigenvalue weighted by atomic mass is 10.2. The van der Waals surface area contributed by atoms with Crippen molar-refractivity contribution in [3.63, 3.8) is 0 Å². The van der Waals surface area contributed by atoms with Crippen molar-refractivity contribution in [3.05, 3.63) is 41.7 Å². The van der Waals surface area contributed by atoms with Gasteiger partial charge in [-0.3, -0.25) is 9.59 Å². The molecule has 1 aromatic carbocycles. The molecule has 0 radical (unpaired) electrons. The van der Waals surface area contributed by atoms with Crippen LogP contribution >= 0.6 is 11.8 Å². The lowest BCUT2D eigenvalue weighted by Gasteiger charge is -2.22. The maximum Gasteiger partial charge on any atom is 0.247 e. The molecule has 1 unspecified atom stereocenters. The third kappa shape index (κ3) is 5.10. The van der Waals surface area contributed by atoms with Crippen molar-refractivity contribution in [2.45, 2.75) is 19.9 Å². The van der Waals surface area contributed by atoms with E-state index < -0.39 is 6.04 Å². The maximum absolute atomic E-state index is 13.1. The lowest BCUT2D eigenvalue weighted by molar-refractivity contribution is -0.134. The second-order valence-electron chi connectivity index (χ2n) is 5.85. The minimum Gasteiger partial charge on any atom is -0.354 e. The zero-order valence-electron chi connectivity index (χ0n) is 13.3. The van der Waals surface area contributed by atoms with Gasteiger partial charge in [0.05, 0.1) is 5.88 Å². The smallest absolute Gasteiger partial charge is 0.247 e. The molecule has 1 N–H and O–H groups in total. The summed E-state index contributed by atoms with van der Waals surface area (Å²) in [6, 6.07) is 5.58. The van der Waals surface area contributed by atoms with Gasteiger partial charge in [-0.25, -0.2) is 4.39 Å². The number of rotatable bonds is 5. The SMILES string of the molecule is CC(C)CNC(=O)C1CSCN1C(=O)/C=C/c1cccc(F)c1. The molecule has 1 fully saturated rings. The van der Waals surface area contributed by atoms with E-state index in [2.05, 4.69) is 5.32 Å². The number of carbonyl (C=O) groups excluding carboxylic acids is 2. The van der Waals surface area contributed by atoms with E-state index in [1.54, 1.807) is 34.9 Å². The number of amides is 2. The van der Waals surface area contributed by atoms with E-state index in [1.807, 2.05) is 13.8 Å². The number of benzene rings is 1. The number of hydrogen-bond acceptors (Lipinski definition) is 3. The molecule has 0 bridgehead atoms. The van der Waals surface area contributed by atoms with Crippen LogP contribution in [-0.2, 0) is 9.59 Å². The van der Waals surface area contributed by atoms with E-state index in [-0.39, 0.29) is 17.6 Å². The second-order valence-corrected chi connectivity index (χ2v) is 6.85. The van der Waals surface area contributed by atoms with Gasteiger partial charge in [0.1, 0.15) is 11.9 Å². The summed E-state index contributed by atoms with van der Waals surface area (Å²) in [6.07, 6.45) is 2.96. The quantitative estimate of drug-likeness (QED) is 0.841. The van der Waals surface area contributed by atoms with Crippen molar-refractivity contribution >= 4 is 29.7 Å². The van der Waals surface area contributed by atoms with E-state index in [0.717, 1.165) is 0 Å². The highest BCUT2D eigenvalue weighted by molar-refractivity contribution is 7.99. The monoisotopic (exact) mass is 336 g/mol. The number of nitrogens with zero attached hydrogens (tertiary/aromatic N) is 1. The first-order chi connectivity index (χ1) is 11.0. The standard InChI is InChI=1S/C17H21FN2O2S/c1-12(2)9-19-17(22)15-10-23-11-20(15)16(21)7-6-13-4-3-5-14(18)8-13/h3-8,12,15H,9-11H2,1-2H3,(H,19,22)/b7-6+. The molecule has 1 heterocycles. The Hall–Kier alpha value is -1.82. The third-order valence-corrected chi connectivity index (χ3v) is 4.43. The first kappa shape index (κ1) is 17.5. The van der Waals surface area contributed by atoms with Gasteiger partial charge in [-0.1, -0.05) is 26.0 Å². The van der Waals surface area contributed by atoms with E-state index in [0.29, 0.717) is 29.7 Å². The predicted molar refractivity (Wildman–Crippen MR) is 91.2 cm³/mol. The fourth-order valence-electron chi connectivity index (χ4n) is 2.17. The minimum absolute atomic E-state index is 0.115. The van der Waals surface area contributed by atoms with Crippen LogP contribution in [0.25, 0.3) is 6.08 Å². The highest BCUT2D eigenvalue weighted by atomic mass is 32.2. The molecule has 1 aliphatic heterocycles. The largest absolute Gasteiger partial charge is 0.354 e. The summed E-state index contributed by atoms with van der Waals surface area (Å²) < 4.78 is 13.1. The molecule has 2 rings (SSSR count). The van der Waals surface area contributed by atoms with Crippen LogP contribution in [0.15, 0.2) is 30.3 Å². The lowest BCUT2D eigenvalue weighted by Crippen LogP contribution is -2.47. The van der Waals surface area contributed by atoms with Crippen molar-refractivity contribution in [2.24, 2.45) is 5.92 Å². The van der Waals surface area contributed by atoms with Crippen molar-refractivity contribution in [1.29, 1.82) is 0 Å². The molecule has 0 spiro atoms. The molecule has 0 aromatic heterocycles. The van der Waals surface area contributed by atoms with Gasteiger partial charge in [0, 0.05) is 18.4 Å². The van der Waals surface area contributed by atoms with E-state index >= 15 is 0 Å². The van der Waals surface area contributed by atoms with Crippen molar-refractivity contribution < 1.29 is 14.0 Å². The number of thioether (sulfide) groups is 1. The topological polar surface area (TPSA) is 49.4 Å². The van der Waals surface area contributed by atoms with Gasteiger partial charge in [0.2, 0.25) is 11.8 Å². The Kier molecular flexibility index (Phi) is 6.21. The number of halogens is 1. The zero-order valence-corrected chi connectivity index (χ0v) is 14.1. The zero-order chi connectivity index (χ0) is 16.8. The molecule has 2 amide bonds. The minimum atomic E-state index is -0.441. The summed E-state index contributed by atoms with van der Waals surface area (Å²) in [5.74, 6) is 0.766. The van der Waals surface area contributed by atoms with Crippen LogP contribution in [0.4, 0.5) is 4.39 Å². The van der Waals surface area contributed by atoms with Crippen LogP contribution in [0.5, 0.6) is 0 Å². The number of carbonyl (C=O) groups is 2. The molecule has 124 valence electrons. The molecule has 0 saturated carbocycles. The average molecular weight is 336 g/mol. The van der Waals surface area contributed by atoms with Gasteiger partial charge in [0.15, 0.2) is 0 Å². The van der Waals surface area contributed by atoms with Gasteiger partial charge in [0.25, 0.3) is 0 Å². The van der Waals surface area contributed by atoms with Gasteiger partial charge in [-0.2, -0.15) is 0 Å². The summed E-state index contributed by atoms with van der Waals surface area (Å²) in [4.78, 5) is 26.1. The first-order valence-electron chi connectivity index (χ1n) is 7.57. The highest BCUT2D eigenvalue weighted by Gasteiger charge is 2.33. The summed E-state index contributed by atoms with van der Waals surface area (Å²) in [7, 11) is 0. The Morgan fingerprint density at radius 1 is 1.48 bits per heavy atom. The third-order valence-electron chi connectivity index (χ3n) is 3.42. The Morgan fingerprint density at radius 3 is 2.96 bits per heavy atom. The molecule has 1 aromatic rings. The number of hydrogen-bond donors (Lipinski definition) is 1. The summed E-state index contributed by atoms with van der Waals surface area (Å²) in [5, 5.41) is 2.87. The molecular weight excluding hydrogens is 315 g/mol. The van der Waals surface area contributed by atoms with Gasteiger partial charge in [-0.15, -0.1) is 11.8 Å². The predicted octanol–water partition coefficient (Wildman–Crippen LogP) is 2.51. The number of nitrogens with one attached hydrogen (secondary N) is 1. The highest BCUT2D eigenvalue weighted by Crippen LogP contribution is 2.21. The van der Waals surface area contributed by atoms with Gasteiger partial charge < -0.3 is 10.2 Å². The first-order valence-corrected chi connectivity index (χ1v) is 8.72. The Bertz CT molecular complexity index is 604. The van der Waals surface area contributed by atoms with Crippen LogP contribution < -0.4 is 5.32 Å². The van der Waals surface area contributed by atoms with Crippen molar-refractivity contribution in [2.75, 3.05) is 18.2 Å². The summed E-state index contributed by atoms with van der Waals surface area (Å²) >= 11 is 1.56. The molecule has 1 saturated heterocycles. The van der Waals surface area contributed by atoms with Crippen LogP contribution in [0, 0.1) is 11.7 Å². The summed E-state index contributed by atoms with van der Waals surface area (Å²) in [6.45, 7) is 4.64. The van der Waals surface area contributed by atoms with Crippen molar-refractivity contribution in [3.8, 4) is 0 Å². The molecule has 4 nitrogen and oxygen atoms in total. The van der Waals surface area contributed by atoms with E-state index in [4.69, 9.17) is 0 Å². The van der Waals surface area contributed by atoms with E-state index in [1.165, 1.54) is 18.2 Å². The molecule has 23 heavy (non-hydrogen) atoms. The Morgan fingerprint density at radius 2 is 2.26 bits per heavy atom. The van der Waals surface area contributed by atoms with Crippen LogP contribution in [0.3, 0.4) is 0 Å².